The first kappa shape index (κ1) is 17.5. The van der Waals surface area contributed by atoms with Gasteiger partial charge in [0, 0.05) is 6.54 Å². The highest BCUT2D eigenvalue weighted by Gasteiger charge is 2.26. The normalized spacial score (nSPS) is 12.2. The fraction of sp³-hybridized carbons (Fsp3) is 0.647. The van der Waals surface area contributed by atoms with Gasteiger partial charge in [0.25, 0.3) is 0 Å². The summed E-state index contributed by atoms with van der Waals surface area (Å²) in [6, 6.07) is 5.08. The summed E-state index contributed by atoms with van der Waals surface area (Å²) >= 11 is 5.88. The van der Waals surface area contributed by atoms with E-state index in [4.69, 9.17) is 11.6 Å². The summed E-state index contributed by atoms with van der Waals surface area (Å²) in [5.41, 5.74) is 1.34. The number of hydrogen-bond acceptors (Lipinski definition) is 1. The van der Waals surface area contributed by atoms with Crippen molar-refractivity contribution in [3.05, 3.63) is 34.6 Å². The predicted molar refractivity (Wildman–Crippen MR) is 85.8 cm³/mol. The van der Waals surface area contributed by atoms with Crippen molar-refractivity contribution in [2.45, 2.75) is 47.0 Å². The maximum atomic E-state index is 13.2. The number of nitrogens with one attached hydrogen (secondary N) is 1. The summed E-state index contributed by atoms with van der Waals surface area (Å²) in [6.45, 7) is 10.9. The van der Waals surface area contributed by atoms with Gasteiger partial charge in [0.05, 0.1) is 5.02 Å². The van der Waals surface area contributed by atoms with Crippen LogP contribution in [0.4, 0.5) is 4.39 Å². The molecule has 0 aliphatic heterocycles. The predicted octanol–water partition coefficient (Wildman–Crippen LogP) is 5.07. The van der Waals surface area contributed by atoms with Crippen LogP contribution >= 0.6 is 11.6 Å². The minimum absolute atomic E-state index is 0.218. The van der Waals surface area contributed by atoms with Crippen LogP contribution in [0, 0.1) is 17.2 Å². The van der Waals surface area contributed by atoms with Gasteiger partial charge < -0.3 is 5.32 Å². The highest BCUT2D eigenvalue weighted by Crippen LogP contribution is 2.31. The number of benzene rings is 1. The molecule has 0 aliphatic rings. The average Bonchev–Trinajstić information content (AvgIpc) is 2.41. The number of hydrogen-bond donors (Lipinski definition) is 1. The van der Waals surface area contributed by atoms with Crippen LogP contribution in [0.2, 0.25) is 5.02 Å². The highest BCUT2D eigenvalue weighted by molar-refractivity contribution is 6.30. The zero-order chi connectivity index (χ0) is 15.2. The zero-order valence-electron chi connectivity index (χ0n) is 13.1. The monoisotopic (exact) mass is 299 g/mol. The van der Waals surface area contributed by atoms with E-state index in [9.17, 15) is 4.39 Å². The molecule has 114 valence electrons. The van der Waals surface area contributed by atoms with Crippen LogP contribution in [0.1, 0.15) is 46.1 Å². The third-order valence-corrected chi connectivity index (χ3v) is 4.41. The van der Waals surface area contributed by atoms with Gasteiger partial charge in [0.2, 0.25) is 0 Å². The lowest BCUT2D eigenvalue weighted by Gasteiger charge is -2.33. The summed E-state index contributed by atoms with van der Waals surface area (Å²) in [4.78, 5) is 0. The Balaban J connectivity index is 2.76. The Morgan fingerprint density at radius 2 is 1.90 bits per heavy atom. The van der Waals surface area contributed by atoms with Crippen LogP contribution in [0.25, 0.3) is 0 Å². The molecule has 1 nitrogen and oxygen atoms in total. The van der Waals surface area contributed by atoms with Crippen LogP contribution < -0.4 is 5.32 Å². The molecule has 0 aliphatic carbocycles. The lowest BCUT2D eigenvalue weighted by molar-refractivity contribution is 0.243. The van der Waals surface area contributed by atoms with Gasteiger partial charge >= 0.3 is 0 Å². The Labute approximate surface area is 127 Å². The van der Waals surface area contributed by atoms with Gasteiger partial charge in [-0.05, 0) is 54.8 Å². The lowest BCUT2D eigenvalue weighted by Crippen LogP contribution is -2.37. The van der Waals surface area contributed by atoms with Crippen molar-refractivity contribution in [1.82, 2.24) is 5.32 Å². The number of halogens is 2. The van der Waals surface area contributed by atoms with Crippen molar-refractivity contribution in [2.75, 3.05) is 13.1 Å². The third kappa shape index (κ3) is 5.06. The van der Waals surface area contributed by atoms with Crippen LogP contribution in [0.15, 0.2) is 18.2 Å². The van der Waals surface area contributed by atoms with E-state index < -0.39 is 0 Å². The van der Waals surface area contributed by atoms with E-state index in [2.05, 4.69) is 33.0 Å². The quantitative estimate of drug-likeness (QED) is 0.706. The van der Waals surface area contributed by atoms with E-state index in [0.717, 1.165) is 37.9 Å². The molecule has 3 heteroatoms. The van der Waals surface area contributed by atoms with Gasteiger partial charge in [0.15, 0.2) is 0 Å². The summed E-state index contributed by atoms with van der Waals surface area (Å²) < 4.78 is 13.2. The molecule has 0 bridgehead atoms. The van der Waals surface area contributed by atoms with Gasteiger partial charge in [-0.1, -0.05) is 45.4 Å². The molecule has 0 saturated carbocycles. The molecule has 1 N–H and O–H groups in total. The van der Waals surface area contributed by atoms with E-state index in [1.165, 1.54) is 6.07 Å². The molecule has 20 heavy (non-hydrogen) atoms. The molecule has 1 aromatic rings. The van der Waals surface area contributed by atoms with Gasteiger partial charge in [-0.25, -0.2) is 4.39 Å². The van der Waals surface area contributed by atoms with E-state index in [1.54, 1.807) is 6.07 Å². The molecule has 0 saturated heterocycles. The van der Waals surface area contributed by atoms with Crippen LogP contribution in [0.3, 0.4) is 0 Å². The Morgan fingerprint density at radius 3 is 2.40 bits per heavy atom. The van der Waals surface area contributed by atoms with E-state index in [1.807, 2.05) is 6.07 Å². The maximum absolute atomic E-state index is 13.2. The Morgan fingerprint density at radius 1 is 1.25 bits per heavy atom. The second-order valence-electron chi connectivity index (χ2n) is 6.16. The molecular formula is C17H27ClFN. The maximum Gasteiger partial charge on any atom is 0.141 e. The standard InChI is InChI=1S/C17H27ClFN/c1-5-17(6-2,12-20-11-13(3)4)10-14-7-8-16(19)15(18)9-14/h7-9,13,20H,5-6,10-12H2,1-4H3. The first-order valence-corrected chi connectivity index (χ1v) is 7.95. The van der Waals surface area contributed by atoms with Crippen molar-refractivity contribution in [1.29, 1.82) is 0 Å². The molecule has 0 amide bonds. The molecule has 1 aromatic carbocycles. The van der Waals surface area contributed by atoms with E-state index >= 15 is 0 Å². The molecule has 0 aromatic heterocycles. The third-order valence-electron chi connectivity index (χ3n) is 4.12. The minimum atomic E-state index is -0.341. The van der Waals surface area contributed by atoms with Crippen molar-refractivity contribution >= 4 is 11.6 Å². The van der Waals surface area contributed by atoms with Gasteiger partial charge in [-0.2, -0.15) is 0 Å². The molecular weight excluding hydrogens is 273 g/mol. The Bertz CT molecular complexity index is 413. The second kappa shape index (κ2) is 7.99. The summed E-state index contributed by atoms with van der Waals surface area (Å²) in [5, 5.41) is 3.79. The van der Waals surface area contributed by atoms with Crippen LogP contribution in [-0.2, 0) is 6.42 Å². The Kier molecular flexibility index (Phi) is 6.97. The largest absolute Gasteiger partial charge is 0.316 e. The Hall–Kier alpha value is -0.600. The SMILES string of the molecule is CCC(CC)(CNCC(C)C)Cc1ccc(F)c(Cl)c1. The van der Waals surface area contributed by atoms with E-state index in [0.29, 0.717) is 5.92 Å². The molecule has 0 radical (unpaired) electrons. The summed E-state index contributed by atoms with van der Waals surface area (Å²) in [6.07, 6.45) is 3.14. The average molecular weight is 300 g/mol. The molecule has 0 heterocycles. The second-order valence-corrected chi connectivity index (χ2v) is 6.56. The van der Waals surface area contributed by atoms with Crippen LogP contribution in [0.5, 0.6) is 0 Å². The van der Waals surface area contributed by atoms with E-state index in [-0.39, 0.29) is 16.3 Å². The van der Waals surface area contributed by atoms with Crippen molar-refractivity contribution in [3.63, 3.8) is 0 Å². The van der Waals surface area contributed by atoms with Gasteiger partial charge in [0.1, 0.15) is 5.82 Å². The number of rotatable bonds is 8. The highest BCUT2D eigenvalue weighted by atomic mass is 35.5. The van der Waals surface area contributed by atoms with Crippen LogP contribution in [-0.4, -0.2) is 13.1 Å². The van der Waals surface area contributed by atoms with Crippen molar-refractivity contribution in [2.24, 2.45) is 11.3 Å². The first-order valence-electron chi connectivity index (χ1n) is 7.57. The molecule has 0 unspecified atom stereocenters. The summed E-state index contributed by atoms with van der Waals surface area (Å²) in [5.74, 6) is 0.314. The first-order chi connectivity index (χ1) is 9.42. The minimum Gasteiger partial charge on any atom is -0.316 e. The summed E-state index contributed by atoms with van der Waals surface area (Å²) in [7, 11) is 0. The zero-order valence-corrected chi connectivity index (χ0v) is 13.9. The molecule has 0 fully saturated rings. The van der Waals surface area contributed by atoms with Crippen molar-refractivity contribution in [3.8, 4) is 0 Å². The molecule has 1 rings (SSSR count). The lowest BCUT2D eigenvalue weighted by atomic mass is 9.77. The molecule has 0 spiro atoms. The topological polar surface area (TPSA) is 12.0 Å². The van der Waals surface area contributed by atoms with Crippen molar-refractivity contribution < 1.29 is 4.39 Å². The van der Waals surface area contributed by atoms with Gasteiger partial charge in [-0.15, -0.1) is 0 Å². The molecule has 0 atom stereocenters. The fourth-order valence-electron chi connectivity index (χ4n) is 2.52. The smallest absolute Gasteiger partial charge is 0.141 e. The fourth-order valence-corrected chi connectivity index (χ4v) is 2.72. The van der Waals surface area contributed by atoms with Gasteiger partial charge in [-0.3, -0.25) is 0 Å².